The van der Waals surface area contributed by atoms with Crippen molar-refractivity contribution in [1.82, 2.24) is 15.6 Å². The summed E-state index contributed by atoms with van der Waals surface area (Å²) in [5, 5.41) is 6.13. The molecule has 2 N–H and O–H groups in total. The summed E-state index contributed by atoms with van der Waals surface area (Å²) in [6.07, 6.45) is -0.834. The Morgan fingerprint density at radius 3 is 2.56 bits per heavy atom. The van der Waals surface area contributed by atoms with E-state index in [4.69, 9.17) is 4.99 Å². The number of rotatable bonds is 2. The van der Waals surface area contributed by atoms with Crippen LogP contribution in [0.5, 0.6) is 0 Å². The molecular weight excluding hydrogens is 357 g/mol. The third-order valence-electron chi connectivity index (χ3n) is 6.13. The van der Waals surface area contributed by atoms with Crippen LogP contribution in [0, 0.1) is 0 Å². The van der Waals surface area contributed by atoms with Gasteiger partial charge in [0.1, 0.15) is 17.1 Å². The van der Waals surface area contributed by atoms with Gasteiger partial charge in [-0.3, -0.25) is 9.79 Å². The van der Waals surface area contributed by atoms with E-state index in [-0.39, 0.29) is 11.9 Å². The third kappa shape index (κ3) is 3.03. The molecule has 8 heteroatoms. The van der Waals surface area contributed by atoms with E-state index in [0.29, 0.717) is 36.5 Å². The van der Waals surface area contributed by atoms with E-state index in [2.05, 4.69) is 15.6 Å². The molecule has 2 atom stereocenters. The van der Waals surface area contributed by atoms with Crippen LogP contribution in [0.1, 0.15) is 62.9 Å². The van der Waals surface area contributed by atoms with Crippen molar-refractivity contribution in [2.75, 3.05) is 6.54 Å². The number of carbonyl (C=O) groups is 1. The predicted molar refractivity (Wildman–Crippen MR) is 94.6 cm³/mol. The number of hydrogen-bond acceptors (Lipinski definition) is 4. The lowest BCUT2D eigenvalue weighted by molar-refractivity contribution is -0.141. The van der Waals surface area contributed by atoms with Crippen LogP contribution in [0.15, 0.2) is 17.1 Å². The zero-order chi connectivity index (χ0) is 19.4. The molecule has 1 aliphatic carbocycles. The summed E-state index contributed by atoms with van der Waals surface area (Å²) < 4.78 is 39.6. The van der Waals surface area contributed by atoms with Crippen LogP contribution in [0.4, 0.5) is 13.2 Å². The average molecular weight is 380 g/mol. The van der Waals surface area contributed by atoms with E-state index in [9.17, 15) is 18.0 Å². The predicted octanol–water partition coefficient (Wildman–Crippen LogP) is 2.93. The Balaban J connectivity index is 1.78. The second kappa shape index (κ2) is 6.02. The van der Waals surface area contributed by atoms with E-state index in [0.717, 1.165) is 25.3 Å². The average Bonchev–Trinajstić information content (AvgIpc) is 2.87. The van der Waals surface area contributed by atoms with Crippen LogP contribution < -0.4 is 10.6 Å². The Kier molecular flexibility index (Phi) is 4.10. The summed E-state index contributed by atoms with van der Waals surface area (Å²) in [5.41, 5.74) is -1.24. The molecule has 1 aromatic rings. The minimum absolute atomic E-state index is 0.155. The van der Waals surface area contributed by atoms with Gasteiger partial charge in [0.05, 0.1) is 5.69 Å². The van der Waals surface area contributed by atoms with Gasteiger partial charge in [0.15, 0.2) is 0 Å². The van der Waals surface area contributed by atoms with Crippen LogP contribution in [0.3, 0.4) is 0 Å². The Labute approximate surface area is 155 Å². The maximum Gasteiger partial charge on any atom is 0.433 e. The number of pyridine rings is 1. The molecule has 0 unspecified atom stereocenters. The lowest BCUT2D eigenvalue weighted by Crippen LogP contribution is -2.51. The molecule has 27 heavy (non-hydrogen) atoms. The molecule has 146 valence electrons. The Morgan fingerprint density at radius 1 is 1.22 bits per heavy atom. The summed E-state index contributed by atoms with van der Waals surface area (Å²) >= 11 is 0. The SMILES string of the molecule is C[C@H]1C[C@@]2(CCN1)N=C(c1ccc(C(F)(F)F)nc1C1(C)CCC1)NC2=O. The first-order valence-corrected chi connectivity index (χ1v) is 9.37. The second-order valence-corrected chi connectivity index (χ2v) is 8.26. The molecule has 0 radical (unpaired) electrons. The van der Waals surface area contributed by atoms with Gasteiger partial charge in [0, 0.05) is 17.0 Å². The van der Waals surface area contributed by atoms with E-state index in [1.165, 1.54) is 6.07 Å². The fraction of sp³-hybridized carbons (Fsp3) is 0.632. The molecule has 1 spiro atoms. The number of nitrogens with one attached hydrogen (secondary N) is 2. The normalized spacial score (nSPS) is 30.0. The molecule has 5 nitrogen and oxygen atoms in total. The number of amides is 1. The highest BCUT2D eigenvalue weighted by Crippen LogP contribution is 2.45. The minimum atomic E-state index is -4.50. The van der Waals surface area contributed by atoms with E-state index in [1.807, 2.05) is 13.8 Å². The number of nitrogens with zero attached hydrogens (tertiary/aromatic N) is 2. The summed E-state index contributed by atoms with van der Waals surface area (Å²) in [6.45, 7) is 4.62. The van der Waals surface area contributed by atoms with Crippen molar-refractivity contribution in [3.63, 3.8) is 0 Å². The van der Waals surface area contributed by atoms with Crippen molar-refractivity contribution in [3.8, 4) is 0 Å². The fourth-order valence-electron chi connectivity index (χ4n) is 4.37. The Bertz CT molecular complexity index is 816. The summed E-state index contributed by atoms with van der Waals surface area (Å²) in [7, 11) is 0. The Morgan fingerprint density at radius 2 is 1.96 bits per heavy atom. The standard InChI is InChI=1S/C19H23F3N4O/c1-11-10-18(8-9-23-11)16(27)25-15(26-18)12-4-5-13(19(20,21)22)24-14(12)17(2)6-3-7-17/h4-5,11,23H,3,6-10H2,1-2H3,(H,25,26,27)/t11-,18+/m0/s1. The number of amidine groups is 1. The van der Waals surface area contributed by atoms with Crippen molar-refractivity contribution in [2.24, 2.45) is 4.99 Å². The molecule has 3 aliphatic rings. The number of hydrogen-bond donors (Lipinski definition) is 2. The van der Waals surface area contributed by atoms with Crippen molar-refractivity contribution < 1.29 is 18.0 Å². The number of alkyl halides is 3. The van der Waals surface area contributed by atoms with Gasteiger partial charge in [-0.1, -0.05) is 13.3 Å². The number of carbonyl (C=O) groups excluding carboxylic acids is 1. The topological polar surface area (TPSA) is 66.4 Å². The van der Waals surface area contributed by atoms with Crippen molar-refractivity contribution in [1.29, 1.82) is 0 Å². The smallest absolute Gasteiger partial charge is 0.314 e. The first kappa shape index (κ1) is 18.4. The van der Waals surface area contributed by atoms with Crippen molar-refractivity contribution in [2.45, 2.75) is 69.1 Å². The van der Waals surface area contributed by atoms with E-state index >= 15 is 0 Å². The first-order chi connectivity index (χ1) is 12.6. The Hall–Kier alpha value is -1.96. The highest BCUT2D eigenvalue weighted by atomic mass is 19.4. The van der Waals surface area contributed by atoms with E-state index in [1.54, 1.807) is 0 Å². The molecule has 1 aromatic heterocycles. The number of aliphatic imine (C=N–C) groups is 1. The quantitative estimate of drug-likeness (QED) is 0.829. The molecule has 0 bridgehead atoms. The first-order valence-electron chi connectivity index (χ1n) is 9.37. The largest absolute Gasteiger partial charge is 0.433 e. The summed E-state index contributed by atoms with van der Waals surface area (Å²) in [6, 6.07) is 2.55. The van der Waals surface area contributed by atoms with Gasteiger partial charge < -0.3 is 10.6 Å². The van der Waals surface area contributed by atoms with Crippen LogP contribution in [-0.2, 0) is 16.4 Å². The van der Waals surface area contributed by atoms with Crippen LogP contribution in [0.25, 0.3) is 0 Å². The maximum absolute atomic E-state index is 13.2. The molecule has 1 amide bonds. The van der Waals surface area contributed by atoms with Gasteiger partial charge in [-0.05, 0) is 51.3 Å². The van der Waals surface area contributed by atoms with Gasteiger partial charge in [-0.15, -0.1) is 0 Å². The molecule has 0 aromatic carbocycles. The molecule has 2 fully saturated rings. The highest BCUT2D eigenvalue weighted by molar-refractivity contribution is 6.16. The zero-order valence-electron chi connectivity index (χ0n) is 15.4. The van der Waals surface area contributed by atoms with Gasteiger partial charge in [-0.25, -0.2) is 4.98 Å². The monoisotopic (exact) mass is 380 g/mol. The minimum Gasteiger partial charge on any atom is -0.314 e. The van der Waals surface area contributed by atoms with Crippen LogP contribution >= 0.6 is 0 Å². The zero-order valence-corrected chi connectivity index (χ0v) is 15.4. The number of aromatic nitrogens is 1. The van der Waals surface area contributed by atoms with Gasteiger partial charge in [-0.2, -0.15) is 13.2 Å². The van der Waals surface area contributed by atoms with Crippen LogP contribution in [-0.4, -0.2) is 34.9 Å². The van der Waals surface area contributed by atoms with E-state index < -0.39 is 22.8 Å². The lowest BCUT2D eigenvalue weighted by Gasteiger charge is -2.39. The fourth-order valence-corrected chi connectivity index (χ4v) is 4.37. The van der Waals surface area contributed by atoms with Gasteiger partial charge in [0.2, 0.25) is 0 Å². The molecule has 3 heterocycles. The second-order valence-electron chi connectivity index (χ2n) is 8.26. The summed E-state index contributed by atoms with van der Waals surface area (Å²) in [5.74, 6) is 0.189. The molecule has 4 rings (SSSR count). The van der Waals surface area contributed by atoms with Crippen molar-refractivity contribution >= 4 is 11.7 Å². The highest BCUT2D eigenvalue weighted by Gasteiger charge is 2.48. The number of halogens is 3. The molecule has 1 saturated heterocycles. The van der Waals surface area contributed by atoms with Crippen LogP contribution in [0.2, 0.25) is 0 Å². The molecule has 1 saturated carbocycles. The molecule has 2 aliphatic heterocycles. The maximum atomic E-state index is 13.2. The van der Waals surface area contributed by atoms with Gasteiger partial charge >= 0.3 is 6.18 Å². The third-order valence-corrected chi connectivity index (χ3v) is 6.13. The van der Waals surface area contributed by atoms with Gasteiger partial charge in [0.25, 0.3) is 5.91 Å². The van der Waals surface area contributed by atoms with Crippen molar-refractivity contribution in [3.05, 3.63) is 29.1 Å². The summed E-state index contributed by atoms with van der Waals surface area (Å²) in [4.78, 5) is 21.4. The lowest BCUT2D eigenvalue weighted by atomic mass is 9.67. The molecular formula is C19H23F3N4O. The number of piperidine rings is 1.